The SMILES string of the molecule is C=C(Br)C/C(=C/CCC#CC)CC. The van der Waals surface area contributed by atoms with Crippen LogP contribution in [0.2, 0.25) is 0 Å². The number of allylic oxidation sites excluding steroid dienone is 3. The van der Waals surface area contributed by atoms with E-state index in [-0.39, 0.29) is 0 Å². The van der Waals surface area contributed by atoms with E-state index < -0.39 is 0 Å². The molecule has 0 heterocycles. The van der Waals surface area contributed by atoms with E-state index in [9.17, 15) is 0 Å². The van der Waals surface area contributed by atoms with Crippen molar-refractivity contribution >= 4 is 15.9 Å². The van der Waals surface area contributed by atoms with Gasteiger partial charge in [-0.1, -0.05) is 41.1 Å². The molecule has 0 bridgehead atoms. The van der Waals surface area contributed by atoms with E-state index in [4.69, 9.17) is 0 Å². The Morgan fingerprint density at radius 3 is 2.69 bits per heavy atom. The molecule has 0 fully saturated rings. The van der Waals surface area contributed by atoms with Crippen molar-refractivity contribution in [1.82, 2.24) is 0 Å². The van der Waals surface area contributed by atoms with Crippen molar-refractivity contribution in [2.75, 3.05) is 0 Å². The molecule has 0 saturated carbocycles. The quantitative estimate of drug-likeness (QED) is 0.379. The fourth-order valence-corrected chi connectivity index (χ4v) is 1.42. The summed E-state index contributed by atoms with van der Waals surface area (Å²) in [6.07, 6.45) is 6.37. The summed E-state index contributed by atoms with van der Waals surface area (Å²) >= 11 is 3.38. The lowest BCUT2D eigenvalue weighted by molar-refractivity contribution is 0.974. The monoisotopic (exact) mass is 240 g/mol. The van der Waals surface area contributed by atoms with Crippen LogP contribution in [-0.2, 0) is 0 Å². The molecule has 0 spiro atoms. The van der Waals surface area contributed by atoms with E-state index in [0.717, 1.165) is 30.2 Å². The highest BCUT2D eigenvalue weighted by Crippen LogP contribution is 2.17. The number of halogens is 1. The Balaban J connectivity index is 3.89. The Kier molecular flexibility index (Phi) is 7.83. The summed E-state index contributed by atoms with van der Waals surface area (Å²) in [5.74, 6) is 5.95. The molecule has 0 nitrogen and oxygen atoms in total. The van der Waals surface area contributed by atoms with Crippen LogP contribution in [-0.4, -0.2) is 0 Å². The van der Waals surface area contributed by atoms with Crippen LogP contribution in [0.15, 0.2) is 22.7 Å². The molecule has 0 aromatic heterocycles. The van der Waals surface area contributed by atoms with Crippen LogP contribution in [0.25, 0.3) is 0 Å². The molecule has 1 heteroatoms. The van der Waals surface area contributed by atoms with Crippen molar-refractivity contribution in [3.63, 3.8) is 0 Å². The van der Waals surface area contributed by atoms with Gasteiger partial charge in [-0.05, 0) is 30.7 Å². The first-order chi connectivity index (χ1) is 6.20. The van der Waals surface area contributed by atoms with Gasteiger partial charge in [-0.15, -0.1) is 11.8 Å². The lowest BCUT2D eigenvalue weighted by atomic mass is 10.1. The van der Waals surface area contributed by atoms with Crippen LogP contribution in [0, 0.1) is 11.8 Å². The van der Waals surface area contributed by atoms with Crippen LogP contribution < -0.4 is 0 Å². The highest BCUT2D eigenvalue weighted by Gasteiger charge is 1.94. The zero-order valence-electron chi connectivity index (χ0n) is 8.49. The van der Waals surface area contributed by atoms with Crippen molar-refractivity contribution in [2.24, 2.45) is 0 Å². The lowest BCUT2D eigenvalue weighted by Gasteiger charge is -2.01. The van der Waals surface area contributed by atoms with Crippen molar-refractivity contribution in [3.8, 4) is 11.8 Å². The third-order valence-corrected chi connectivity index (χ3v) is 2.03. The largest absolute Gasteiger partial charge is 0.107 e. The Bertz CT molecular complexity index is 238. The van der Waals surface area contributed by atoms with Gasteiger partial charge in [-0.2, -0.15) is 0 Å². The van der Waals surface area contributed by atoms with Crippen molar-refractivity contribution in [2.45, 2.75) is 39.5 Å². The predicted molar refractivity (Wildman–Crippen MR) is 63.7 cm³/mol. The van der Waals surface area contributed by atoms with Gasteiger partial charge in [0.15, 0.2) is 0 Å². The van der Waals surface area contributed by atoms with Crippen LogP contribution >= 0.6 is 15.9 Å². The minimum atomic E-state index is 0.967. The molecule has 0 aliphatic heterocycles. The second-order valence-electron chi connectivity index (χ2n) is 2.88. The molecule has 0 amide bonds. The topological polar surface area (TPSA) is 0 Å². The Hall–Kier alpha value is -0.480. The van der Waals surface area contributed by atoms with Gasteiger partial charge < -0.3 is 0 Å². The van der Waals surface area contributed by atoms with Gasteiger partial charge in [0.1, 0.15) is 0 Å². The summed E-state index contributed by atoms with van der Waals surface area (Å²) in [6.45, 7) is 7.89. The van der Waals surface area contributed by atoms with Crippen molar-refractivity contribution in [3.05, 3.63) is 22.7 Å². The Morgan fingerprint density at radius 1 is 1.54 bits per heavy atom. The van der Waals surface area contributed by atoms with E-state index in [0.29, 0.717) is 0 Å². The normalized spacial score (nSPS) is 10.5. The van der Waals surface area contributed by atoms with Crippen molar-refractivity contribution < 1.29 is 0 Å². The van der Waals surface area contributed by atoms with Gasteiger partial charge in [0, 0.05) is 6.42 Å². The molecular formula is C12H17Br. The fourth-order valence-electron chi connectivity index (χ4n) is 1.06. The van der Waals surface area contributed by atoms with Crippen LogP contribution in [0.5, 0.6) is 0 Å². The maximum Gasteiger partial charge on any atom is 0.0123 e. The lowest BCUT2D eigenvalue weighted by Crippen LogP contribution is -1.81. The number of unbranched alkanes of at least 4 members (excludes halogenated alkanes) is 1. The average Bonchev–Trinajstić information content (AvgIpc) is 2.09. The zero-order chi connectivity index (χ0) is 10.1. The van der Waals surface area contributed by atoms with Gasteiger partial charge in [0.2, 0.25) is 0 Å². The summed E-state index contributed by atoms with van der Waals surface area (Å²) in [5.41, 5.74) is 1.44. The number of rotatable bonds is 5. The molecule has 0 rings (SSSR count). The number of hydrogen-bond donors (Lipinski definition) is 0. The van der Waals surface area contributed by atoms with Crippen LogP contribution in [0.1, 0.15) is 39.5 Å². The first-order valence-electron chi connectivity index (χ1n) is 4.61. The molecule has 0 saturated heterocycles. The highest BCUT2D eigenvalue weighted by molar-refractivity contribution is 9.11. The summed E-state index contributed by atoms with van der Waals surface area (Å²) in [7, 11) is 0. The molecule has 0 atom stereocenters. The van der Waals surface area contributed by atoms with Crippen LogP contribution in [0.4, 0.5) is 0 Å². The summed E-state index contributed by atoms with van der Waals surface area (Å²) < 4.78 is 1.06. The third kappa shape index (κ3) is 7.87. The highest BCUT2D eigenvalue weighted by atomic mass is 79.9. The molecule has 13 heavy (non-hydrogen) atoms. The Labute approximate surface area is 90.2 Å². The molecule has 0 N–H and O–H groups in total. The van der Waals surface area contributed by atoms with Gasteiger partial charge in [-0.3, -0.25) is 0 Å². The molecule has 0 aliphatic rings. The molecule has 0 radical (unpaired) electrons. The summed E-state index contributed by atoms with van der Waals surface area (Å²) in [6, 6.07) is 0. The maximum atomic E-state index is 3.84. The zero-order valence-corrected chi connectivity index (χ0v) is 10.1. The molecule has 72 valence electrons. The smallest absolute Gasteiger partial charge is 0.0123 e. The van der Waals surface area contributed by atoms with E-state index in [2.05, 4.69) is 47.3 Å². The molecule has 0 unspecified atom stereocenters. The average molecular weight is 241 g/mol. The third-order valence-electron chi connectivity index (χ3n) is 1.75. The predicted octanol–water partition coefficient (Wildman–Crippen LogP) is 4.43. The second-order valence-corrected chi connectivity index (χ2v) is 4.00. The van der Waals surface area contributed by atoms with Gasteiger partial charge in [0.05, 0.1) is 0 Å². The maximum absolute atomic E-state index is 3.84. The van der Waals surface area contributed by atoms with E-state index in [1.807, 2.05) is 6.92 Å². The minimum absolute atomic E-state index is 0.967. The van der Waals surface area contributed by atoms with Crippen LogP contribution in [0.3, 0.4) is 0 Å². The van der Waals surface area contributed by atoms with E-state index in [1.54, 1.807) is 0 Å². The first kappa shape index (κ1) is 12.5. The second kappa shape index (κ2) is 8.13. The molecule has 0 aliphatic carbocycles. The van der Waals surface area contributed by atoms with E-state index >= 15 is 0 Å². The summed E-state index contributed by atoms with van der Waals surface area (Å²) in [5, 5.41) is 0. The fraction of sp³-hybridized carbons (Fsp3) is 0.500. The van der Waals surface area contributed by atoms with Gasteiger partial charge in [-0.25, -0.2) is 0 Å². The molecule has 0 aromatic rings. The van der Waals surface area contributed by atoms with Crippen molar-refractivity contribution in [1.29, 1.82) is 0 Å². The first-order valence-corrected chi connectivity index (χ1v) is 5.40. The van der Waals surface area contributed by atoms with E-state index in [1.165, 1.54) is 5.57 Å². The van der Waals surface area contributed by atoms with Gasteiger partial charge >= 0.3 is 0 Å². The summed E-state index contributed by atoms with van der Waals surface area (Å²) in [4.78, 5) is 0. The molecule has 0 aromatic carbocycles. The molecular weight excluding hydrogens is 224 g/mol. The standard InChI is InChI=1S/C12H17Br/c1-4-6-7-8-9-12(5-2)10-11(3)13/h9H,3,5,7-8,10H2,1-2H3/b12-9+. The Morgan fingerprint density at radius 2 is 2.23 bits per heavy atom. The number of hydrogen-bond acceptors (Lipinski definition) is 0. The minimum Gasteiger partial charge on any atom is -0.107 e. The van der Waals surface area contributed by atoms with Gasteiger partial charge in [0.25, 0.3) is 0 Å².